The summed E-state index contributed by atoms with van der Waals surface area (Å²) in [6.45, 7) is -12.3. The first kappa shape index (κ1) is 28.0. The Balaban J connectivity index is 0.0000116. The quantitative estimate of drug-likeness (QED) is 0.112. The molecule has 0 radical (unpaired) electrons. The van der Waals surface area contributed by atoms with Crippen molar-refractivity contribution in [2.45, 2.75) is 117 Å². The van der Waals surface area contributed by atoms with Gasteiger partial charge in [-0.05, 0) is 133 Å². The molecule has 0 amide bonds. The number of hydrogen-bond donors (Lipinski definition) is 0. The Morgan fingerprint density at radius 3 is 2.15 bits per heavy atom. The van der Waals surface area contributed by atoms with Crippen LogP contribution in [0.5, 0.6) is 11.5 Å². The van der Waals surface area contributed by atoms with Gasteiger partial charge < -0.3 is 13.9 Å². The van der Waals surface area contributed by atoms with Gasteiger partial charge in [0, 0.05) is 80.0 Å². The Bertz CT molecular complexity index is 5430. The molecular formula is C72H68N4OPt-2. The summed E-state index contributed by atoms with van der Waals surface area (Å²) < 4.78 is 282. The molecule has 8 aromatic carbocycles. The summed E-state index contributed by atoms with van der Waals surface area (Å²) in [4.78, 5) is 4.67. The number of aryl methyl sites for hydroxylation is 2. The third kappa shape index (κ3) is 9.42. The van der Waals surface area contributed by atoms with Gasteiger partial charge in [0.2, 0.25) is 0 Å². The maximum Gasteiger partial charge on any atom is 0.268 e. The van der Waals surface area contributed by atoms with E-state index in [1.54, 1.807) is 92.1 Å². The Kier molecular flexibility index (Phi) is 7.02. The van der Waals surface area contributed by atoms with Gasteiger partial charge in [0.1, 0.15) is 5.82 Å². The molecule has 78 heavy (non-hydrogen) atoms. The molecule has 0 N–H and O–H groups in total. The van der Waals surface area contributed by atoms with Crippen molar-refractivity contribution in [2.75, 3.05) is 0 Å². The fourth-order valence-electron chi connectivity index (χ4n) is 9.92. The number of aromatic nitrogens is 4. The second-order valence-corrected chi connectivity index (χ2v) is 21.2. The van der Waals surface area contributed by atoms with E-state index in [4.69, 9.17) is 36.3 Å². The third-order valence-electron chi connectivity index (χ3n) is 13.8. The van der Waals surface area contributed by atoms with Crippen molar-refractivity contribution < 1.29 is 71.5 Å². The number of pyridine rings is 1. The number of ether oxygens (including phenoxy) is 1. The van der Waals surface area contributed by atoms with E-state index in [9.17, 15) is 9.60 Å². The van der Waals surface area contributed by atoms with E-state index >= 15 is 0 Å². The molecule has 5 nitrogen and oxygen atoms in total. The first-order chi connectivity index (χ1) is 49.0. The van der Waals surface area contributed by atoms with Gasteiger partial charge in [-0.25, -0.2) is 4.98 Å². The van der Waals surface area contributed by atoms with Crippen molar-refractivity contribution in [3.05, 3.63) is 222 Å². The van der Waals surface area contributed by atoms with Crippen LogP contribution < -0.4 is 9.30 Å². The number of benzene rings is 8. The predicted octanol–water partition coefficient (Wildman–Crippen LogP) is 18.2. The molecule has 1 aliphatic rings. The van der Waals surface area contributed by atoms with E-state index in [-0.39, 0.29) is 82.9 Å². The number of imidazole rings is 1. The summed E-state index contributed by atoms with van der Waals surface area (Å²) in [6.07, 6.45) is -4.76. The van der Waals surface area contributed by atoms with Crippen LogP contribution >= 0.6 is 0 Å². The van der Waals surface area contributed by atoms with Crippen LogP contribution in [0.25, 0.3) is 83.4 Å². The summed E-state index contributed by atoms with van der Waals surface area (Å²) in [7, 11) is 0. The average Bonchev–Trinajstić information content (AvgIpc) is 0.716. The molecule has 3 heterocycles. The van der Waals surface area contributed by atoms with Crippen LogP contribution in [0.4, 0.5) is 0 Å². The minimum atomic E-state index is -4.65. The maximum absolute atomic E-state index is 10.3. The van der Waals surface area contributed by atoms with Crippen molar-refractivity contribution >= 4 is 32.8 Å². The second kappa shape index (κ2) is 19.5. The largest absolute Gasteiger partial charge is 0.510 e. The van der Waals surface area contributed by atoms with Crippen LogP contribution in [-0.4, -0.2) is 14.1 Å². The number of hydrogen-bond acceptors (Lipinski definition) is 2. The smallest absolute Gasteiger partial charge is 0.268 e. The normalized spacial score (nSPS) is 22.0. The SMILES string of the molecule is [2H]c1c([2H])c([2H])c(-c2cnc(-n3c4[c-]c(Oc5[c-]c(-n6[c-][n+](-c7c(-c8c([2H])c([2H])c9c(c8[2H])C(C([2H])([2H])[2H])(C([2H])([2H])[2H])C([2H])([2H])C([2H])([2H])C9(C([2H])([2H])[2H])C([2H])([2H])[2H])cc(C([2H])([2H])[2H])cc7C(C)(C)C)c7ccc(-c8ccc(C(C)(C)C)cc8)cc76)ccc5)ccc4c4ccccc43)cc2C([2H])([2H])[2H])c([2H])c1[2H].[Pt]. The third-order valence-corrected chi connectivity index (χ3v) is 13.8. The zero-order valence-corrected chi connectivity index (χ0v) is 45.3. The molecule has 11 aromatic rings. The standard InChI is InChI=1S/C72H68N4O.Pt/c1-46-37-58(51-27-33-60-61(40-51)72(11,12)36-35-71(60,9)10)68(62(38-46)70(6,7)8)75-45-74(66-41-50(28-34-64(66)75)48-25-29-52(30-26-48)69(3,4)5)53-21-18-22-54(42-53)77-55-31-32-57-56-23-16-17-24-63(56)76(65(57)43-55)67-39-47(2)59(44-73-67)49-19-14-13-15-20-49;/h13-34,37-41,44H,35-36H2,1-12H3;/q-2;/i1D3,2D3,9D3,10D3,11D3,12D3,13D,14D,15D,19D,20D,27D,33D,35D2,36D2,40D;. The Hall–Kier alpha value is -7.33. The molecule has 0 fully saturated rings. The molecule has 0 bridgehead atoms. The Morgan fingerprint density at radius 2 is 1.41 bits per heavy atom. The number of fused-ring (bicyclic) bond motifs is 5. The minimum absolute atomic E-state index is 0. The fraction of sp³-hybridized carbons (Fsp3) is 0.250. The van der Waals surface area contributed by atoms with Crippen LogP contribution in [0.15, 0.2) is 170 Å². The van der Waals surface area contributed by atoms with Crippen molar-refractivity contribution in [3.8, 4) is 62.1 Å². The molecule has 3 aromatic heterocycles. The maximum atomic E-state index is 10.3. The summed E-state index contributed by atoms with van der Waals surface area (Å²) in [6, 6.07) is 30.8. The van der Waals surface area contributed by atoms with E-state index in [0.29, 0.717) is 32.9 Å². The summed E-state index contributed by atoms with van der Waals surface area (Å²) in [5, 5.41) is 1.30. The van der Waals surface area contributed by atoms with Gasteiger partial charge in [0.05, 0.1) is 27.7 Å². The van der Waals surface area contributed by atoms with E-state index in [0.717, 1.165) is 23.4 Å². The van der Waals surface area contributed by atoms with E-state index < -0.39 is 146 Å². The van der Waals surface area contributed by atoms with Gasteiger partial charge in [-0.2, -0.15) is 18.2 Å². The van der Waals surface area contributed by atoms with Gasteiger partial charge in [-0.1, -0.05) is 195 Å². The van der Waals surface area contributed by atoms with Gasteiger partial charge in [-0.3, -0.25) is 4.57 Å². The fourth-order valence-corrected chi connectivity index (χ4v) is 9.92. The van der Waals surface area contributed by atoms with Crippen molar-refractivity contribution in [2.24, 2.45) is 0 Å². The molecule has 6 heteroatoms. The summed E-state index contributed by atoms with van der Waals surface area (Å²) in [5.41, 5.74) is -12.9. The van der Waals surface area contributed by atoms with Crippen LogP contribution in [0, 0.1) is 32.2 Å². The van der Waals surface area contributed by atoms with Crippen LogP contribution in [0.1, 0.15) is 156 Å². The summed E-state index contributed by atoms with van der Waals surface area (Å²) in [5.74, 6) is 0.194. The van der Waals surface area contributed by atoms with E-state index in [1.165, 1.54) is 21.3 Å². The zero-order chi connectivity index (χ0) is 79.3. The van der Waals surface area contributed by atoms with Crippen molar-refractivity contribution in [1.29, 1.82) is 0 Å². The Morgan fingerprint density at radius 1 is 0.654 bits per heavy atom. The number of nitrogens with zero attached hydrogens (tertiary/aromatic N) is 4. The molecule has 0 aliphatic heterocycles. The monoisotopic (exact) mass is 1230 g/mol. The van der Waals surface area contributed by atoms with Gasteiger partial charge in [0.15, 0.2) is 0 Å². The van der Waals surface area contributed by atoms with Crippen molar-refractivity contribution in [1.82, 2.24) is 14.1 Å². The van der Waals surface area contributed by atoms with Crippen molar-refractivity contribution in [3.63, 3.8) is 0 Å². The molecule has 0 spiro atoms. The zero-order valence-electron chi connectivity index (χ0n) is 73.1. The first-order valence-electron chi connectivity index (χ1n) is 39.7. The van der Waals surface area contributed by atoms with Crippen LogP contribution in [0.2, 0.25) is 0 Å². The first-order valence-corrected chi connectivity index (χ1v) is 24.7. The molecule has 1 aliphatic carbocycles. The molecule has 0 saturated carbocycles. The van der Waals surface area contributed by atoms with Gasteiger partial charge >= 0.3 is 0 Å². The topological polar surface area (TPSA) is 35.9 Å². The second-order valence-electron chi connectivity index (χ2n) is 21.2. The average molecular weight is 1230 g/mol. The molecular weight excluding hydrogens is 1130 g/mol. The van der Waals surface area contributed by atoms with Gasteiger partial charge in [0.25, 0.3) is 6.33 Å². The van der Waals surface area contributed by atoms with E-state index in [2.05, 4.69) is 44.2 Å². The van der Waals surface area contributed by atoms with Crippen LogP contribution in [-0.2, 0) is 42.7 Å². The van der Waals surface area contributed by atoms with Crippen LogP contribution in [0.3, 0.4) is 0 Å². The molecule has 0 atom stereocenters. The number of para-hydroxylation sites is 1. The molecule has 0 unspecified atom stereocenters. The molecule has 0 saturated heterocycles. The minimum Gasteiger partial charge on any atom is -0.510 e. The molecule has 12 rings (SSSR count). The molecule has 394 valence electrons. The van der Waals surface area contributed by atoms with E-state index in [1.807, 2.05) is 30.3 Å². The number of rotatable bonds is 8. The predicted molar refractivity (Wildman–Crippen MR) is 318 cm³/mol. The van der Waals surface area contributed by atoms with Gasteiger partial charge in [-0.15, -0.1) is 29.7 Å². The summed E-state index contributed by atoms with van der Waals surface area (Å²) >= 11 is 0. The Labute approximate surface area is 518 Å².